The van der Waals surface area contributed by atoms with E-state index in [0.717, 1.165) is 11.0 Å². The number of hydrogen-bond acceptors (Lipinski definition) is 5. The smallest absolute Gasteiger partial charge is 0.335 e. The molecule has 1 aromatic heterocycles. The summed E-state index contributed by atoms with van der Waals surface area (Å²) < 4.78 is 0. The number of imidazole rings is 1. The molecule has 0 aliphatic heterocycles. The highest BCUT2D eigenvalue weighted by molar-refractivity contribution is 6.07. The molecule has 0 aliphatic carbocycles. The lowest BCUT2D eigenvalue weighted by molar-refractivity contribution is -0.112. The van der Waals surface area contributed by atoms with Crippen molar-refractivity contribution in [1.82, 2.24) is 9.97 Å². The summed E-state index contributed by atoms with van der Waals surface area (Å²) in [5.74, 6) is -1.75. The van der Waals surface area contributed by atoms with Crippen molar-refractivity contribution in [1.29, 1.82) is 5.26 Å². The van der Waals surface area contributed by atoms with Crippen LogP contribution >= 0.6 is 0 Å². The number of H-pyrrole nitrogens is 1. The lowest BCUT2D eigenvalue weighted by Crippen LogP contribution is -2.15. The van der Waals surface area contributed by atoms with E-state index in [4.69, 9.17) is 5.11 Å². The molecule has 3 rings (SSSR count). The van der Waals surface area contributed by atoms with E-state index in [9.17, 15) is 14.9 Å². The quantitative estimate of drug-likeness (QED) is 0.414. The minimum atomic E-state index is -1.10. The van der Waals surface area contributed by atoms with Gasteiger partial charge in [0.15, 0.2) is 0 Å². The number of nitriles is 1. The Morgan fingerprint density at radius 2 is 2.04 bits per heavy atom. The molecule has 0 saturated heterocycles. The second-order valence-electron chi connectivity index (χ2n) is 5.29. The number of rotatable bonds is 5. The Kier molecular flexibility index (Phi) is 4.63. The Hall–Kier alpha value is -4.12. The van der Waals surface area contributed by atoms with Crippen LogP contribution in [0.15, 0.2) is 60.6 Å². The third-order valence-corrected chi connectivity index (χ3v) is 3.54. The van der Waals surface area contributed by atoms with Crippen LogP contribution in [-0.2, 0) is 4.79 Å². The van der Waals surface area contributed by atoms with E-state index in [1.807, 2.05) is 6.07 Å². The Labute approximate surface area is 147 Å². The Morgan fingerprint density at radius 3 is 2.81 bits per heavy atom. The van der Waals surface area contributed by atoms with Crippen LogP contribution in [0.3, 0.4) is 0 Å². The number of hydrogen-bond donors (Lipinski definition) is 4. The van der Waals surface area contributed by atoms with Crippen LogP contribution in [0.25, 0.3) is 11.0 Å². The molecule has 0 aliphatic rings. The summed E-state index contributed by atoms with van der Waals surface area (Å²) in [7, 11) is 0. The summed E-state index contributed by atoms with van der Waals surface area (Å²) in [6.07, 6.45) is 2.86. The molecule has 0 atom stereocenters. The van der Waals surface area contributed by atoms with Gasteiger partial charge in [-0.2, -0.15) is 5.26 Å². The van der Waals surface area contributed by atoms with Crippen molar-refractivity contribution in [2.24, 2.45) is 0 Å². The van der Waals surface area contributed by atoms with Crippen molar-refractivity contribution in [3.63, 3.8) is 0 Å². The molecular formula is C18H13N5O3. The van der Waals surface area contributed by atoms with Crippen LogP contribution < -0.4 is 10.6 Å². The number of amides is 1. The molecule has 2 aromatic carbocycles. The average Bonchev–Trinajstić information content (AvgIpc) is 3.10. The highest BCUT2D eigenvalue weighted by Gasteiger charge is 2.11. The van der Waals surface area contributed by atoms with Crippen LogP contribution in [0.5, 0.6) is 0 Å². The minimum Gasteiger partial charge on any atom is -0.478 e. The van der Waals surface area contributed by atoms with Gasteiger partial charge in [0.1, 0.15) is 11.6 Å². The largest absolute Gasteiger partial charge is 0.478 e. The summed E-state index contributed by atoms with van der Waals surface area (Å²) in [5.41, 5.74) is 2.46. The zero-order chi connectivity index (χ0) is 18.5. The van der Waals surface area contributed by atoms with Gasteiger partial charge in [0.2, 0.25) is 0 Å². The molecule has 4 N–H and O–H groups in total. The number of carbonyl (C=O) groups is 2. The average molecular weight is 347 g/mol. The molecule has 8 nitrogen and oxygen atoms in total. The zero-order valence-electron chi connectivity index (χ0n) is 13.4. The fraction of sp³-hybridized carbons (Fsp3) is 0. The van der Waals surface area contributed by atoms with E-state index in [-0.39, 0.29) is 16.8 Å². The molecule has 0 bridgehead atoms. The molecule has 26 heavy (non-hydrogen) atoms. The zero-order valence-corrected chi connectivity index (χ0v) is 13.4. The number of fused-ring (bicyclic) bond motifs is 1. The van der Waals surface area contributed by atoms with Gasteiger partial charge in [0, 0.05) is 17.6 Å². The molecular weight excluding hydrogens is 334 g/mol. The highest BCUT2D eigenvalue weighted by Crippen LogP contribution is 2.16. The number of aromatic nitrogens is 2. The Morgan fingerprint density at radius 1 is 1.19 bits per heavy atom. The number of carbonyl (C=O) groups excluding carboxylic acids is 1. The first-order valence-corrected chi connectivity index (χ1v) is 7.51. The van der Waals surface area contributed by atoms with Gasteiger partial charge in [0.05, 0.1) is 22.9 Å². The summed E-state index contributed by atoms with van der Waals surface area (Å²) >= 11 is 0. The summed E-state index contributed by atoms with van der Waals surface area (Å²) in [5, 5.41) is 23.6. The van der Waals surface area contributed by atoms with E-state index in [1.165, 1.54) is 24.4 Å². The van der Waals surface area contributed by atoms with Crippen LogP contribution in [0.4, 0.5) is 11.4 Å². The van der Waals surface area contributed by atoms with Crippen molar-refractivity contribution >= 4 is 34.3 Å². The second-order valence-corrected chi connectivity index (χ2v) is 5.29. The van der Waals surface area contributed by atoms with E-state index >= 15 is 0 Å². The molecule has 0 spiro atoms. The van der Waals surface area contributed by atoms with Gasteiger partial charge in [-0.1, -0.05) is 6.07 Å². The van der Waals surface area contributed by atoms with E-state index in [0.29, 0.717) is 5.69 Å². The summed E-state index contributed by atoms with van der Waals surface area (Å²) in [6.45, 7) is 0. The van der Waals surface area contributed by atoms with Crippen molar-refractivity contribution in [2.75, 3.05) is 10.6 Å². The SMILES string of the molecule is N#C/C(=C/Nc1ccc2nc[nH]c2c1)C(=O)Nc1cccc(C(=O)O)c1. The number of nitrogens with one attached hydrogen (secondary N) is 3. The van der Waals surface area contributed by atoms with Crippen molar-refractivity contribution in [2.45, 2.75) is 0 Å². The van der Waals surface area contributed by atoms with Crippen LogP contribution in [-0.4, -0.2) is 27.0 Å². The summed E-state index contributed by atoms with van der Waals surface area (Å²) in [6, 6.07) is 12.9. The number of benzene rings is 2. The number of aromatic amines is 1. The van der Waals surface area contributed by atoms with Crippen LogP contribution in [0.1, 0.15) is 10.4 Å². The number of nitrogens with zero attached hydrogens (tertiary/aromatic N) is 2. The topological polar surface area (TPSA) is 131 Å². The van der Waals surface area contributed by atoms with Gasteiger partial charge in [-0.15, -0.1) is 0 Å². The minimum absolute atomic E-state index is 0.0382. The van der Waals surface area contributed by atoms with Crippen molar-refractivity contribution in [3.05, 3.63) is 66.1 Å². The van der Waals surface area contributed by atoms with Crippen molar-refractivity contribution < 1.29 is 14.7 Å². The Bertz CT molecular complexity index is 1060. The number of anilines is 2. The highest BCUT2D eigenvalue weighted by atomic mass is 16.4. The van der Waals surface area contributed by atoms with E-state index in [1.54, 1.807) is 30.6 Å². The molecule has 3 aromatic rings. The lowest BCUT2D eigenvalue weighted by Gasteiger charge is -2.06. The molecule has 1 amide bonds. The fourth-order valence-electron chi connectivity index (χ4n) is 2.26. The standard InChI is InChI=1S/C18H13N5O3/c19-8-12(9-20-13-4-5-15-16(7-13)22-10-21-15)17(24)23-14-3-1-2-11(6-14)18(25)26/h1-7,9-10,20H,(H,21,22)(H,23,24)(H,25,26)/b12-9-. The van der Waals surface area contributed by atoms with Gasteiger partial charge >= 0.3 is 5.97 Å². The normalized spacial score (nSPS) is 11.0. The Balaban J connectivity index is 1.73. The molecule has 0 radical (unpaired) electrons. The molecule has 1 heterocycles. The van der Waals surface area contributed by atoms with Gasteiger partial charge in [-0.3, -0.25) is 4.79 Å². The molecule has 128 valence electrons. The first-order valence-electron chi connectivity index (χ1n) is 7.51. The van der Waals surface area contributed by atoms with E-state index < -0.39 is 11.9 Å². The maximum atomic E-state index is 12.2. The molecule has 0 fully saturated rings. The fourth-order valence-corrected chi connectivity index (χ4v) is 2.26. The predicted molar refractivity (Wildman–Crippen MR) is 95.4 cm³/mol. The molecule has 8 heteroatoms. The number of aromatic carboxylic acids is 1. The van der Waals surface area contributed by atoms with Gasteiger partial charge in [-0.05, 0) is 36.4 Å². The van der Waals surface area contributed by atoms with Crippen LogP contribution in [0.2, 0.25) is 0 Å². The molecule has 0 unspecified atom stereocenters. The van der Waals surface area contributed by atoms with E-state index in [2.05, 4.69) is 20.6 Å². The third-order valence-electron chi connectivity index (χ3n) is 3.54. The number of carboxylic acids is 1. The third kappa shape index (κ3) is 3.68. The first kappa shape index (κ1) is 16.7. The first-order chi connectivity index (χ1) is 12.6. The maximum Gasteiger partial charge on any atom is 0.335 e. The van der Waals surface area contributed by atoms with Crippen molar-refractivity contribution in [3.8, 4) is 6.07 Å². The second kappa shape index (κ2) is 7.19. The van der Waals surface area contributed by atoms with Gasteiger partial charge in [-0.25, -0.2) is 9.78 Å². The number of carboxylic acid groups (broad SMARTS) is 1. The van der Waals surface area contributed by atoms with Gasteiger partial charge < -0.3 is 20.7 Å². The predicted octanol–water partition coefficient (Wildman–Crippen LogP) is 2.72. The maximum absolute atomic E-state index is 12.2. The van der Waals surface area contributed by atoms with Gasteiger partial charge in [0.25, 0.3) is 5.91 Å². The lowest BCUT2D eigenvalue weighted by atomic mass is 10.2. The molecule has 0 saturated carbocycles. The monoisotopic (exact) mass is 347 g/mol. The van der Waals surface area contributed by atoms with Crippen LogP contribution in [0, 0.1) is 11.3 Å². The summed E-state index contributed by atoms with van der Waals surface area (Å²) in [4.78, 5) is 30.3.